The van der Waals surface area contributed by atoms with Crippen LogP contribution in [0.4, 0.5) is 11.5 Å². The van der Waals surface area contributed by atoms with Gasteiger partial charge < -0.3 is 19.9 Å². The van der Waals surface area contributed by atoms with Crippen LogP contribution < -0.4 is 10.2 Å². The van der Waals surface area contributed by atoms with Crippen molar-refractivity contribution in [2.75, 3.05) is 56.7 Å². The van der Waals surface area contributed by atoms with Crippen molar-refractivity contribution in [3.63, 3.8) is 0 Å². The van der Waals surface area contributed by atoms with Gasteiger partial charge in [0.05, 0.1) is 5.52 Å². The van der Waals surface area contributed by atoms with E-state index in [0.29, 0.717) is 6.04 Å². The number of ether oxygens (including phenoxy) is 1. The van der Waals surface area contributed by atoms with Crippen LogP contribution in [-0.4, -0.2) is 62.4 Å². The lowest BCUT2D eigenvalue weighted by Gasteiger charge is -2.33. The topological polar surface area (TPSA) is 40.6 Å². The molecule has 0 saturated carbocycles. The summed E-state index contributed by atoms with van der Waals surface area (Å²) in [6, 6.07) is 7.05. The maximum absolute atomic E-state index is 5.48. The summed E-state index contributed by atoms with van der Waals surface area (Å²) in [7, 11) is 2.18. The molecule has 2 aromatic rings. The minimum Gasteiger partial charge on any atom is -0.382 e. The number of benzene rings is 1. The smallest absolute Gasteiger partial charge is 0.129 e. The lowest BCUT2D eigenvalue weighted by atomic mass is 10.1. The molecule has 2 saturated heterocycles. The molecule has 140 valence electrons. The highest BCUT2D eigenvalue weighted by Gasteiger charge is 2.19. The fourth-order valence-electron chi connectivity index (χ4n) is 3.75. The molecule has 6 heteroatoms. The van der Waals surface area contributed by atoms with Crippen LogP contribution in [-0.2, 0) is 4.74 Å². The fourth-order valence-corrected chi connectivity index (χ4v) is 4.30. The van der Waals surface area contributed by atoms with Gasteiger partial charge in [0, 0.05) is 61.0 Å². The van der Waals surface area contributed by atoms with E-state index in [1.807, 2.05) is 0 Å². The maximum atomic E-state index is 5.48. The van der Waals surface area contributed by atoms with Gasteiger partial charge in [0.25, 0.3) is 0 Å². The van der Waals surface area contributed by atoms with Gasteiger partial charge in [-0.2, -0.15) is 0 Å². The molecule has 1 N–H and O–H groups in total. The van der Waals surface area contributed by atoms with Gasteiger partial charge in [-0.15, -0.1) is 0 Å². The highest BCUT2D eigenvalue weighted by atomic mass is 79.9. The summed E-state index contributed by atoms with van der Waals surface area (Å²) >= 11 is 3.80. The summed E-state index contributed by atoms with van der Waals surface area (Å²) in [5.74, 6) is 1.08. The SMILES string of the molecule is Cc1c(NC2CCOCC2)cc2nc(N3CCN(C)CC3)ccc2c1Br. The van der Waals surface area contributed by atoms with E-state index in [-0.39, 0.29) is 0 Å². The Kier molecular flexibility index (Phi) is 5.34. The molecular formula is C20H27BrN4O. The van der Waals surface area contributed by atoms with Gasteiger partial charge in [0.1, 0.15) is 5.82 Å². The second kappa shape index (κ2) is 7.71. The quantitative estimate of drug-likeness (QED) is 0.823. The molecule has 2 aliphatic rings. The van der Waals surface area contributed by atoms with E-state index in [4.69, 9.17) is 9.72 Å². The lowest BCUT2D eigenvalue weighted by molar-refractivity contribution is 0.0904. The first-order chi connectivity index (χ1) is 12.6. The molecule has 0 spiro atoms. The molecule has 0 radical (unpaired) electrons. The zero-order chi connectivity index (χ0) is 18.1. The van der Waals surface area contributed by atoms with Crippen molar-refractivity contribution in [1.29, 1.82) is 0 Å². The van der Waals surface area contributed by atoms with Crippen LogP contribution in [0.3, 0.4) is 0 Å². The van der Waals surface area contributed by atoms with Gasteiger partial charge in [-0.3, -0.25) is 0 Å². The molecule has 1 aromatic carbocycles. The third kappa shape index (κ3) is 3.68. The predicted molar refractivity (Wildman–Crippen MR) is 111 cm³/mol. The normalized spacial score (nSPS) is 19.9. The van der Waals surface area contributed by atoms with Crippen molar-refractivity contribution in [3.8, 4) is 0 Å². The molecular weight excluding hydrogens is 392 g/mol. The van der Waals surface area contributed by atoms with Crippen molar-refractivity contribution in [1.82, 2.24) is 9.88 Å². The summed E-state index contributed by atoms with van der Waals surface area (Å²) in [4.78, 5) is 9.75. The van der Waals surface area contributed by atoms with Crippen LogP contribution in [0, 0.1) is 6.92 Å². The first-order valence-corrected chi connectivity index (χ1v) is 10.3. The average Bonchev–Trinajstić information content (AvgIpc) is 2.67. The average molecular weight is 419 g/mol. The number of nitrogens with zero attached hydrogens (tertiary/aromatic N) is 3. The van der Waals surface area contributed by atoms with Crippen molar-refractivity contribution >= 4 is 38.3 Å². The molecule has 0 aliphatic carbocycles. The molecule has 1 aromatic heterocycles. The molecule has 0 bridgehead atoms. The summed E-state index contributed by atoms with van der Waals surface area (Å²) in [6.45, 7) is 8.11. The van der Waals surface area contributed by atoms with E-state index in [1.165, 1.54) is 16.6 Å². The first kappa shape index (κ1) is 18.0. The van der Waals surface area contributed by atoms with E-state index >= 15 is 0 Å². The molecule has 2 aliphatic heterocycles. The number of anilines is 2. The Morgan fingerprint density at radius 1 is 1.15 bits per heavy atom. The van der Waals surface area contributed by atoms with E-state index in [2.05, 4.69) is 63.2 Å². The van der Waals surface area contributed by atoms with Gasteiger partial charge in [0.15, 0.2) is 0 Å². The summed E-state index contributed by atoms with van der Waals surface area (Å²) in [5, 5.41) is 4.90. The van der Waals surface area contributed by atoms with Crippen LogP contribution in [0.2, 0.25) is 0 Å². The number of nitrogens with one attached hydrogen (secondary N) is 1. The minimum atomic E-state index is 0.479. The molecule has 3 heterocycles. The minimum absolute atomic E-state index is 0.479. The number of hydrogen-bond acceptors (Lipinski definition) is 5. The van der Waals surface area contributed by atoms with Crippen molar-refractivity contribution < 1.29 is 4.74 Å². The van der Waals surface area contributed by atoms with Gasteiger partial charge in [-0.25, -0.2) is 4.98 Å². The molecule has 5 nitrogen and oxygen atoms in total. The van der Waals surface area contributed by atoms with Crippen LogP contribution in [0.1, 0.15) is 18.4 Å². The van der Waals surface area contributed by atoms with E-state index in [0.717, 1.165) is 68.0 Å². The van der Waals surface area contributed by atoms with E-state index < -0.39 is 0 Å². The molecule has 26 heavy (non-hydrogen) atoms. The van der Waals surface area contributed by atoms with Crippen molar-refractivity contribution in [3.05, 3.63) is 28.2 Å². The first-order valence-electron chi connectivity index (χ1n) is 9.49. The van der Waals surface area contributed by atoms with Crippen LogP contribution in [0.15, 0.2) is 22.7 Å². The zero-order valence-corrected chi connectivity index (χ0v) is 17.2. The Labute approximate surface area is 163 Å². The second-order valence-electron chi connectivity index (χ2n) is 7.42. The third-order valence-electron chi connectivity index (χ3n) is 5.57. The monoisotopic (exact) mass is 418 g/mol. The van der Waals surface area contributed by atoms with Crippen molar-refractivity contribution in [2.45, 2.75) is 25.8 Å². The maximum Gasteiger partial charge on any atom is 0.129 e. The fraction of sp³-hybridized carbons (Fsp3) is 0.550. The summed E-state index contributed by atoms with van der Waals surface area (Å²) in [6.07, 6.45) is 2.12. The number of likely N-dealkylation sites (N-methyl/N-ethyl adjacent to an activating group) is 1. The lowest BCUT2D eigenvalue weighted by Crippen LogP contribution is -2.44. The van der Waals surface area contributed by atoms with Crippen LogP contribution >= 0.6 is 15.9 Å². The Hall–Kier alpha value is -1.37. The number of hydrogen-bond donors (Lipinski definition) is 1. The number of piperazine rings is 1. The molecule has 0 amide bonds. The molecule has 0 atom stereocenters. The van der Waals surface area contributed by atoms with Crippen molar-refractivity contribution in [2.24, 2.45) is 0 Å². The van der Waals surface area contributed by atoms with Crippen LogP contribution in [0.25, 0.3) is 10.9 Å². The Morgan fingerprint density at radius 3 is 2.62 bits per heavy atom. The highest BCUT2D eigenvalue weighted by Crippen LogP contribution is 2.34. The predicted octanol–water partition coefficient (Wildman–Crippen LogP) is 3.65. The number of aromatic nitrogens is 1. The van der Waals surface area contributed by atoms with Gasteiger partial charge in [0.2, 0.25) is 0 Å². The Balaban J connectivity index is 1.64. The third-order valence-corrected chi connectivity index (χ3v) is 6.59. The molecule has 2 fully saturated rings. The summed E-state index contributed by atoms with van der Waals surface area (Å²) in [5.41, 5.74) is 3.48. The highest BCUT2D eigenvalue weighted by molar-refractivity contribution is 9.10. The van der Waals surface area contributed by atoms with Gasteiger partial charge in [-0.1, -0.05) is 0 Å². The second-order valence-corrected chi connectivity index (χ2v) is 8.21. The van der Waals surface area contributed by atoms with E-state index in [9.17, 15) is 0 Å². The molecule has 0 unspecified atom stereocenters. The summed E-state index contributed by atoms with van der Waals surface area (Å²) < 4.78 is 6.62. The standard InChI is InChI=1S/C20H27BrN4O/c1-14-17(22-15-5-11-26-12-6-15)13-18-16(20(14)21)3-4-19(23-18)25-9-7-24(2)8-10-25/h3-4,13,15,22H,5-12H2,1-2H3. The Bertz CT molecular complexity index is 783. The van der Waals surface area contributed by atoms with Gasteiger partial charge in [-0.05, 0) is 66.5 Å². The number of rotatable bonds is 3. The number of halogens is 1. The van der Waals surface area contributed by atoms with Gasteiger partial charge >= 0.3 is 0 Å². The zero-order valence-electron chi connectivity index (χ0n) is 15.6. The van der Waals surface area contributed by atoms with E-state index in [1.54, 1.807) is 0 Å². The van der Waals surface area contributed by atoms with Crippen LogP contribution in [0.5, 0.6) is 0 Å². The number of pyridine rings is 1. The Morgan fingerprint density at radius 2 is 1.88 bits per heavy atom. The number of fused-ring (bicyclic) bond motifs is 1. The largest absolute Gasteiger partial charge is 0.382 e. The molecule has 4 rings (SSSR count).